The van der Waals surface area contributed by atoms with E-state index in [0.29, 0.717) is 39.0 Å². The third-order valence-corrected chi connectivity index (χ3v) is 7.05. The molecular weight excluding hydrogens is 423 g/mol. The van der Waals surface area contributed by atoms with Gasteiger partial charge in [-0.1, -0.05) is 53.6 Å². The smallest absolute Gasteiger partial charge is 0.255 e. The molecule has 0 amide bonds. The second-order valence-corrected chi connectivity index (χ2v) is 9.29. The quantitative estimate of drug-likeness (QED) is 0.510. The number of hydrogen-bond donors (Lipinski definition) is 2. The van der Waals surface area contributed by atoms with E-state index in [4.69, 9.17) is 35.4 Å². The zero-order valence-corrected chi connectivity index (χ0v) is 18.4. The second kappa shape index (κ2) is 9.03. The topological polar surface area (TPSA) is 48.6 Å². The molecule has 0 aliphatic heterocycles. The molecule has 2 N–H and O–H groups in total. The van der Waals surface area contributed by atoms with E-state index in [-0.39, 0.29) is 5.56 Å². The Morgan fingerprint density at radius 2 is 1.86 bits per heavy atom. The molecule has 0 radical (unpaired) electrons. The number of rotatable bonds is 4. The fraction of sp³-hybridized carbons (Fsp3) is 0.391. The Kier molecular flexibility index (Phi) is 6.43. The first-order valence-corrected chi connectivity index (χ1v) is 11.3. The number of H-pyrrole nitrogens is 2. The number of hydrogen-bond acceptors (Lipinski definition) is 2. The zero-order valence-electron chi connectivity index (χ0n) is 16.1. The lowest BCUT2D eigenvalue weighted by Gasteiger charge is -2.33. The van der Waals surface area contributed by atoms with Crippen LogP contribution < -0.4 is 5.56 Å². The van der Waals surface area contributed by atoms with E-state index >= 15 is 0 Å². The summed E-state index contributed by atoms with van der Waals surface area (Å²) in [4.78, 5) is 18.8. The average Bonchev–Trinajstić information content (AvgIpc) is 2.72. The summed E-state index contributed by atoms with van der Waals surface area (Å²) in [5.41, 5.74) is 2.47. The van der Waals surface area contributed by atoms with Crippen molar-refractivity contribution in [2.45, 2.75) is 44.4 Å². The Bertz CT molecular complexity index is 1060. The van der Waals surface area contributed by atoms with E-state index in [0.717, 1.165) is 36.1 Å². The molecule has 0 bridgehead atoms. The molecule has 1 aromatic heterocycles. The number of halogens is 2. The van der Waals surface area contributed by atoms with Crippen LogP contribution in [0.4, 0.5) is 0 Å². The fourth-order valence-electron chi connectivity index (χ4n) is 4.69. The highest BCUT2D eigenvalue weighted by molar-refractivity contribution is 7.71. The van der Waals surface area contributed by atoms with Crippen molar-refractivity contribution in [2.75, 3.05) is 0 Å². The highest BCUT2D eigenvalue weighted by atomic mass is 35.5. The van der Waals surface area contributed by atoms with E-state index in [2.05, 4.69) is 34.3 Å². The fourth-order valence-corrected chi connectivity index (χ4v) is 5.37. The van der Waals surface area contributed by atoms with E-state index in [1.54, 1.807) is 12.1 Å². The van der Waals surface area contributed by atoms with Crippen LogP contribution in [0.2, 0.25) is 10.0 Å². The summed E-state index contributed by atoms with van der Waals surface area (Å²) in [5.74, 6) is 1.68. The SMILES string of the molecule is O=c1[nH]c(=S)[nH]c([C@H]2CC[C@H](C3C=CC=CC3)CC2)c1Cc1ccc(Cl)cc1Cl. The molecule has 2 aliphatic rings. The lowest BCUT2D eigenvalue weighted by atomic mass is 9.72. The van der Waals surface area contributed by atoms with Crippen molar-refractivity contribution < 1.29 is 0 Å². The van der Waals surface area contributed by atoms with Gasteiger partial charge in [0.1, 0.15) is 0 Å². The lowest BCUT2D eigenvalue weighted by Crippen LogP contribution is -2.25. The lowest BCUT2D eigenvalue weighted by molar-refractivity contribution is 0.262. The molecule has 2 aliphatic carbocycles. The van der Waals surface area contributed by atoms with Gasteiger partial charge in [-0.2, -0.15) is 0 Å². The summed E-state index contributed by atoms with van der Waals surface area (Å²) in [6, 6.07) is 5.41. The average molecular weight is 447 g/mol. The summed E-state index contributed by atoms with van der Waals surface area (Å²) < 4.78 is 0.387. The first-order chi connectivity index (χ1) is 14.0. The molecule has 3 nitrogen and oxygen atoms in total. The van der Waals surface area contributed by atoms with Crippen molar-refractivity contribution in [3.8, 4) is 0 Å². The van der Waals surface area contributed by atoms with Gasteiger partial charge in [-0.15, -0.1) is 0 Å². The molecule has 4 rings (SSSR count). The van der Waals surface area contributed by atoms with Crippen LogP contribution in [0.25, 0.3) is 0 Å². The van der Waals surface area contributed by atoms with Crippen LogP contribution in [0.15, 0.2) is 47.3 Å². The molecule has 2 aromatic rings. The predicted octanol–water partition coefficient (Wildman–Crippen LogP) is 6.74. The molecule has 0 saturated heterocycles. The van der Waals surface area contributed by atoms with Gasteiger partial charge < -0.3 is 4.98 Å². The Balaban J connectivity index is 1.57. The standard InChI is InChI=1S/C23H24Cl2N2OS/c24-18-11-10-17(20(25)13-18)12-19-21(26-23(29)27-22(19)28)16-8-6-15(7-9-16)14-4-2-1-3-5-14/h1-4,10-11,13-16H,5-9,12H2,(H2,26,27,28,29)/t14?,15-,16-. The molecule has 1 aromatic carbocycles. The maximum absolute atomic E-state index is 12.8. The van der Waals surface area contributed by atoms with Gasteiger partial charge in [-0.25, -0.2) is 0 Å². The van der Waals surface area contributed by atoms with Gasteiger partial charge in [0.25, 0.3) is 5.56 Å². The van der Waals surface area contributed by atoms with Gasteiger partial charge in [-0.05, 0) is 79.8 Å². The molecule has 29 heavy (non-hydrogen) atoms. The third kappa shape index (κ3) is 4.76. The number of benzene rings is 1. The first kappa shape index (κ1) is 20.6. The van der Waals surface area contributed by atoms with Crippen LogP contribution in [0.1, 0.15) is 54.8 Å². The Hall–Kier alpha value is -1.62. The summed E-state index contributed by atoms with van der Waals surface area (Å²) in [5, 5.41) is 1.16. The van der Waals surface area contributed by atoms with Crippen LogP contribution in [-0.4, -0.2) is 9.97 Å². The van der Waals surface area contributed by atoms with Crippen molar-refractivity contribution in [3.05, 3.63) is 84.5 Å². The van der Waals surface area contributed by atoms with Gasteiger partial charge in [0, 0.05) is 27.7 Å². The molecule has 1 saturated carbocycles. The first-order valence-electron chi connectivity index (χ1n) is 10.1. The van der Waals surface area contributed by atoms with Crippen molar-refractivity contribution in [3.63, 3.8) is 0 Å². The van der Waals surface area contributed by atoms with Crippen LogP contribution in [-0.2, 0) is 6.42 Å². The van der Waals surface area contributed by atoms with E-state index in [1.807, 2.05) is 6.07 Å². The monoisotopic (exact) mass is 446 g/mol. The molecule has 1 unspecified atom stereocenters. The van der Waals surface area contributed by atoms with Crippen LogP contribution in [0, 0.1) is 16.6 Å². The highest BCUT2D eigenvalue weighted by Gasteiger charge is 2.29. The molecule has 1 heterocycles. The largest absolute Gasteiger partial charge is 0.335 e. The van der Waals surface area contributed by atoms with E-state index in [9.17, 15) is 4.79 Å². The molecule has 1 atom stereocenters. The summed E-state index contributed by atoms with van der Waals surface area (Å²) in [7, 11) is 0. The number of aromatic nitrogens is 2. The number of allylic oxidation sites excluding steroid dienone is 4. The molecule has 152 valence electrons. The van der Waals surface area contributed by atoms with Crippen LogP contribution in [0.5, 0.6) is 0 Å². The molecular formula is C23H24Cl2N2OS. The van der Waals surface area contributed by atoms with E-state index < -0.39 is 0 Å². The molecule has 0 spiro atoms. The minimum atomic E-state index is -0.128. The maximum Gasteiger partial charge on any atom is 0.255 e. The van der Waals surface area contributed by atoms with Gasteiger partial charge in [-0.3, -0.25) is 9.78 Å². The molecule has 6 heteroatoms. The highest BCUT2D eigenvalue weighted by Crippen LogP contribution is 2.41. The molecule has 1 fully saturated rings. The Morgan fingerprint density at radius 1 is 1.07 bits per heavy atom. The van der Waals surface area contributed by atoms with Gasteiger partial charge in [0.05, 0.1) is 0 Å². The van der Waals surface area contributed by atoms with Crippen LogP contribution in [0.3, 0.4) is 0 Å². The van der Waals surface area contributed by atoms with Crippen molar-refractivity contribution in [1.82, 2.24) is 9.97 Å². The number of nitrogens with one attached hydrogen (secondary N) is 2. The Morgan fingerprint density at radius 3 is 2.55 bits per heavy atom. The van der Waals surface area contributed by atoms with Crippen LogP contribution >= 0.6 is 35.4 Å². The summed E-state index contributed by atoms with van der Waals surface area (Å²) in [6.07, 6.45) is 15.0. The Labute approximate surface area is 185 Å². The normalized spacial score (nSPS) is 24.0. The zero-order chi connectivity index (χ0) is 20.4. The van der Waals surface area contributed by atoms with Crippen molar-refractivity contribution in [2.24, 2.45) is 11.8 Å². The maximum atomic E-state index is 12.8. The third-order valence-electron chi connectivity index (χ3n) is 6.26. The second-order valence-electron chi connectivity index (χ2n) is 8.04. The van der Waals surface area contributed by atoms with Crippen molar-refractivity contribution in [1.29, 1.82) is 0 Å². The number of aromatic amines is 2. The van der Waals surface area contributed by atoms with Crippen molar-refractivity contribution >= 4 is 35.4 Å². The van der Waals surface area contributed by atoms with Gasteiger partial charge in [0.2, 0.25) is 0 Å². The van der Waals surface area contributed by atoms with Gasteiger partial charge in [0.15, 0.2) is 4.77 Å². The predicted molar refractivity (Wildman–Crippen MR) is 123 cm³/mol. The minimum absolute atomic E-state index is 0.128. The summed E-state index contributed by atoms with van der Waals surface area (Å²) >= 11 is 17.7. The van der Waals surface area contributed by atoms with Gasteiger partial charge >= 0.3 is 0 Å². The minimum Gasteiger partial charge on any atom is -0.335 e. The van der Waals surface area contributed by atoms with E-state index in [1.165, 1.54) is 12.8 Å². The summed E-state index contributed by atoms with van der Waals surface area (Å²) in [6.45, 7) is 0.